The largest absolute Gasteiger partial charge is 0.379 e. The molecule has 1 amide bonds. The molecule has 2 aromatic rings. The Morgan fingerprint density at radius 2 is 1.95 bits per heavy atom. The Balaban J connectivity index is 1.89. The summed E-state index contributed by atoms with van der Waals surface area (Å²) in [5.41, 5.74) is 1.83. The summed E-state index contributed by atoms with van der Waals surface area (Å²) in [6.45, 7) is 4.47. The van der Waals surface area contributed by atoms with Gasteiger partial charge in [0, 0.05) is 28.9 Å². The molecule has 0 aliphatic rings. The third kappa shape index (κ3) is 4.06. The molecule has 1 aromatic carbocycles. The number of hydrogen-bond donors (Lipinski definition) is 2. The molecule has 19 heavy (non-hydrogen) atoms. The van der Waals surface area contributed by atoms with Crippen LogP contribution in [0.3, 0.4) is 0 Å². The fourth-order valence-electron chi connectivity index (χ4n) is 1.48. The van der Waals surface area contributed by atoms with Crippen LogP contribution in [0.4, 0.5) is 11.4 Å². The van der Waals surface area contributed by atoms with E-state index >= 15 is 0 Å². The van der Waals surface area contributed by atoms with Gasteiger partial charge < -0.3 is 10.6 Å². The molecule has 0 saturated carbocycles. The van der Waals surface area contributed by atoms with Crippen LogP contribution < -0.4 is 10.6 Å². The van der Waals surface area contributed by atoms with E-state index in [9.17, 15) is 4.79 Å². The van der Waals surface area contributed by atoms with Crippen LogP contribution in [0.5, 0.6) is 0 Å². The predicted molar refractivity (Wildman–Crippen MR) is 79.4 cm³/mol. The van der Waals surface area contributed by atoms with E-state index in [2.05, 4.69) is 15.6 Å². The number of aromatic nitrogens is 1. The van der Waals surface area contributed by atoms with Gasteiger partial charge in [0.15, 0.2) is 0 Å². The topological polar surface area (TPSA) is 54.0 Å². The fourth-order valence-corrected chi connectivity index (χ4v) is 2.03. The molecule has 0 saturated heterocycles. The molecule has 0 unspecified atom stereocenters. The minimum atomic E-state index is -0.0114. The van der Waals surface area contributed by atoms with Crippen LogP contribution in [0.25, 0.3) is 0 Å². The Morgan fingerprint density at radius 1 is 1.26 bits per heavy atom. The molecule has 0 aliphatic carbocycles. The first-order valence-electron chi connectivity index (χ1n) is 6.18. The van der Waals surface area contributed by atoms with Gasteiger partial charge in [0.25, 0.3) is 0 Å². The molecule has 4 nitrogen and oxygen atoms in total. The van der Waals surface area contributed by atoms with Crippen LogP contribution in [0, 0.1) is 5.92 Å². The Labute approximate surface area is 116 Å². The summed E-state index contributed by atoms with van der Waals surface area (Å²) >= 11 is 1.63. The first-order valence-corrected chi connectivity index (χ1v) is 7.06. The Kier molecular flexibility index (Phi) is 4.52. The fraction of sp³-hybridized carbons (Fsp3) is 0.286. The standard InChI is InChI=1S/C14H17N3OS/c1-10(2)14(18)17-12-5-3-11(4-6-12)16-9-13-15-7-8-19-13/h3-8,10,16H,9H2,1-2H3,(H,17,18). The summed E-state index contributed by atoms with van der Waals surface area (Å²) in [5, 5.41) is 9.16. The van der Waals surface area contributed by atoms with Gasteiger partial charge in [0.2, 0.25) is 5.91 Å². The number of anilines is 2. The summed E-state index contributed by atoms with van der Waals surface area (Å²) in [4.78, 5) is 15.8. The maximum Gasteiger partial charge on any atom is 0.226 e. The summed E-state index contributed by atoms with van der Waals surface area (Å²) < 4.78 is 0. The first kappa shape index (κ1) is 13.5. The van der Waals surface area contributed by atoms with E-state index in [1.165, 1.54) is 0 Å². The van der Waals surface area contributed by atoms with Crippen LogP contribution in [0.2, 0.25) is 0 Å². The van der Waals surface area contributed by atoms with Crippen molar-refractivity contribution >= 4 is 28.6 Å². The van der Waals surface area contributed by atoms with Crippen LogP contribution in [0.15, 0.2) is 35.8 Å². The molecule has 0 aliphatic heterocycles. The Hall–Kier alpha value is -1.88. The molecule has 1 aromatic heterocycles. The predicted octanol–water partition coefficient (Wildman–Crippen LogP) is 3.35. The van der Waals surface area contributed by atoms with E-state index < -0.39 is 0 Å². The number of thiazole rings is 1. The van der Waals surface area contributed by atoms with Gasteiger partial charge in [-0.1, -0.05) is 13.8 Å². The van der Waals surface area contributed by atoms with E-state index in [0.29, 0.717) is 0 Å². The highest BCUT2D eigenvalue weighted by atomic mass is 32.1. The summed E-state index contributed by atoms with van der Waals surface area (Å²) in [6, 6.07) is 7.68. The van der Waals surface area contributed by atoms with Crippen molar-refractivity contribution in [3.63, 3.8) is 0 Å². The molecule has 1 heterocycles. The SMILES string of the molecule is CC(C)C(=O)Nc1ccc(NCc2nccs2)cc1. The molecule has 0 bridgehead atoms. The molecule has 2 N–H and O–H groups in total. The van der Waals surface area contributed by atoms with Gasteiger partial charge in [0.1, 0.15) is 5.01 Å². The average Bonchev–Trinajstić information content (AvgIpc) is 2.91. The lowest BCUT2D eigenvalue weighted by atomic mass is 10.2. The van der Waals surface area contributed by atoms with Crippen LogP contribution in [-0.2, 0) is 11.3 Å². The van der Waals surface area contributed by atoms with Gasteiger partial charge in [-0.15, -0.1) is 11.3 Å². The zero-order chi connectivity index (χ0) is 13.7. The Morgan fingerprint density at radius 3 is 2.53 bits per heavy atom. The van der Waals surface area contributed by atoms with Gasteiger partial charge in [0.05, 0.1) is 6.54 Å². The molecule has 0 atom stereocenters. The van der Waals surface area contributed by atoms with E-state index in [1.54, 1.807) is 17.5 Å². The lowest BCUT2D eigenvalue weighted by molar-refractivity contribution is -0.118. The smallest absolute Gasteiger partial charge is 0.226 e. The van der Waals surface area contributed by atoms with Crippen molar-refractivity contribution in [3.05, 3.63) is 40.8 Å². The van der Waals surface area contributed by atoms with Crippen LogP contribution in [-0.4, -0.2) is 10.9 Å². The minimum absolute atomic E-state index is 0.0114. The third-order valence-corrected chi connectivity index (χ3v) is 3.38. The molecule has 0 radical (unpaired) electrons. The molecule has 0 fully saturated rings. The van der Waals surface area contributed by atoms with Crippen molar-refractivity contribution in [2.75, 3.05) is 10.6 Å². The molecule has 0 spiro atoms. The molecular formula is C14H17N3OS. The highest BCUT2D eigenvalue weighted by Crippen LogP contribution is 2.15. The lowest BCUT2D eigenvalue weighted by Gasteiger charge is -2.09. The monoisotopic (exact) mass is 275 g/mol. The Bertz CT molecular complexity index is 520. The van der Waals surface area contributed by atoms with Crippen molar-refractivity contribution in [1.29, 1.82) is 0 Å². The summed E-state index contributed by atoms with van der Waals surface area (Å²) in [6.07, 6.45) is 1.80. The summed E-state index contributed by atoms with van der Waals surface area (Å²) in [7, 11) is 0. The average molecular weight is 275 g/mol. The maximum atomic E-state index is 11.5. The van der Waals surface area contributed by atoms with Gasteiger partial charge in [-0.05, 0) is 24.3 Å². The quantitative estimate of drug-likeness (QED) is 0.880. The van der Waals surface area contributed by atoms with Crippen molar-refractivity contribution < 1.29 is 4.79 Å². The van der Waals surface area contributed by atoms with Gasteiger partial charge in [-0.25, -0.2) is 4.98 Å². The van der Waals surface area contributed by atoms with Crippen molar-refractivity contribution in [1.82, 2.24) is 4.98 Å². The number of carbonyl (C=O) groups is 1. The van der Waals surface area contributed by atoms with Crippen molar-refractivity contribution in [2.45, 2.75) is 20.4 Å². The number of carbonyl (C=O) groups excluding carboxylic acids is 1. The number of hydrogen-bond acceptors (Lipinski definition) is 4. The number of nitrogens with zero attached hydrogens (tertiary/aromatic N) is 1. The maximum absolute atomic E-state index is 11.5. The normalized spacial score (nSPS) is 10.5. The highest BCUT2D eigenvalue weighted by molar-refractivity contribution is 7.09. The van der Waals surface area contributed by atoms with E-state index in [4.69, 9.17) is 0 Å². The number of rotatable bonds is 5. The molecular weight excluding hydrogens is 258 g/mol. The van der Waals surface area contributed by atoms with Crippen LogP contribution >= 0.6 is 11.3 Å². The zero-order valence-electron chi connectivity index (χ0n) is 11.0. The van der Waals surface area contributed by atoms with E-state index in [0.717, 1.165) is 22.9 Å². The van der Waals surface area contributed by atoms with Gasteiger partial charge in [-0.3, -0.25) is 4.79 Å². The second-order valence-corrected chi connectivity index (χ2v) is 5.48. The number of amides is 1. The zero-order valence-corrected chi connectivity index (χ0v) is 11.8. The van der Waals surface area contributed by atoms with Crippen LogP contribution in [0.1, 0.15) is 18.9 Å². The second kappa shape index (κ2) is 6.33. The number of nitrogens with one attached hydrogen (secondary N) is 2. The first-order chi connectivity index (χ1) is 9.15. The highest BCUT2D eigenvalue weighted by Gasteiger charge is 2.06. The van der Waals surface area contributed by atoms with Gasteiger partial charge in [-0.2, -0.15) is 0 Å². The molecule has 5 heteroatoms. The van der Waals surface area contributed by atoms with Gasteiger partial charge >= 0.3 is 0 Å². The van der Waals surface area contributed by atoms with Crippen molar-refractivity contribution in [2.24, 2.45) is 5.92 Å². The summed E-state index contributed by atoms with van der Waals surface area (Å²) in [5.74, 6) is 0.0196. The number of benzene rings is 1. The van der Waals surface area contributed by atoms with E-state index in [-0.39, 0.29) is 11.8 Å². The third-order valence-electron chi connectivity index (χ3n) is 2.60. The molecule has 100 valence electrons. The van der Waals surface area contributed by atoms with Crippen molar-refractivity contribution in [3.8, 4) is 0 Å². The van der Waals surface area contributed by atoms with E-state index in [1.807, 2.05) is 43.5 Å². The molecule has 2 rings (SSSR count). The minimum Gasteiger partial charge on any atom is -0.379 e. The lowest BCUT2D eigenvalue weighted by Crippen LogP contribution is -2.17. The second-order valence-electron chi connectivity index (χ2n) is 4.50.